The number of nitriles is 1. The molecule has 0 unspecified atom stereocenters. The molecule has 0 radical (unpaired) electrons. The smallest absolute Gasteiger partial charge is 0.0992 e. The van der Waals surface area contributed by atoms with Gasteiger partial charge in [-0.15, -0.1) is 0 Å². The fourth-order valence-corrected chi connectivity index (χ4v) is 9.29. The van der Waals surface area contributed by atoms with E-state index in [0.29, 0.717) is 5.56 Å². The highest BCUT2D eigenvalue weighted by molar-refractivity contribution is 6.12. The maximum Gasteiger partial charge on any atom is 0.0992 e. The Morgan fingerprint density at radius 2 is 0.906 bits per heavy atom. The summed E-state index contributed by atoms with van der Waals surface area (Å²) in [5, 5.41) is 14.5. The lowest BCUT2D eigenvalue weighted by atomic mass is 9.67. The zero-order valence-electron chi connectivity index (χ0n) is 28.7. The maximum absolute atomic E-state index is 9.68. The zero-order valence-corrected chi connectivity index (χ0v) is 28.7. The SMILES string of the molecule is N#Cc1cccc(-n2c3ccccc3c3cc(-n4c5ccccc5c5cc(C6(c7ccccc7)c7ccccc7-c7ccccc76)ccc54)ccc32)c1. The van der Waals surface area contributed by atoms with Crippen LogP contribution in [-0.4, -0.2) is 9.13 Å². The molecular weight excluding hydrogens is 643 g/mol. The van der Waals surface area contributed by atoms with Gasteiger partial charge in [-0.05, 0) is 94.0 Å². The normalized spacial score (nSPS) is 13.0. The van der Waals surface area contributed by atoms with Gasteiger partial charge >= 0.3 is 0 Å². The summed E-state index contributed by atoms with van der Waals surface area (Å²) in [6.07, 6.45) is 0. The lowest BCUT2D eigenvalue weighted by Crippen LogP contribution is -2.28. The minimum absolute atomic E-state index is 0.463. The van der Waals surface area contributed by atoms with Gasteiger partial charge in [-0.25, -0.2) is 0 Å². The van der Waals surface area contributed by atoms with Gasteiger partial charge in [0, 0.05) is 32.9 Å². The lowest BCUT2D eigenvalue weighted by molar-refractivity contribution is 0.770. The number of fused-ring (bicyclic) bond motifs is 9. The van der Waals surface area contributed by atoms with Crippen molar-refractivity contribution in [3.8, 4) is 28.6 Å². The van der Waals surface area contributed by atoms with Crippen LogP contribution in [0.1, 0.15) is 27.8 Å². The van der Waals surface area contributed by atoms with Gasteiger partial charge in [0.05, 0.1) is 39.1 Å². The Balaban J connectivity index is 1.18. The van der Waals surface area contributed by atoms with Gasteiger partial charge in [-0.2, -0.15) is 5.26 Å². The van der Waals surface area contributed by atoms with Crippen molar-refractivity contribution < 1.29 is 0 Å². The molecule has 2 heterocycles. The third-order valence-electron chi connectivity index (χ3n) is 11.4. The Labute approximate surface area is 306 Å². The van der Waals surface area contributed by atoms with Crippen molar-refractivity contribution in [1.29, 1.82) is 5.26 Å². The molecule has 53 heavy (non-hydrogen) atoms. The molecule has 3 heteroatoms. The van der Waals surface area contributed by atoms with Crippen molar-refractivity contribution in [2.45, 2.75) is 5.41 Å². The van der Waals surface area contributed by atoms with Crippen LogP contribution in [-0.2, 0) is 5.41 Å². The van der Waals surface area contributed by atoms with E-state index >= 15 is 0 Å². The number of benzene rings is 8. The first-order chi connectivity index (χ1) is 26.3. The second-order valence-corrected chi connectivity index (χ2v) is 14.0. The molecule has 0 N–H and O–H groups in total. The fourth-order valence-electron chi connectivity index (χ4n) is 9.29. The third-order valence-corrected chi connectivity index (χ3v) is 11.4. The van der Waals surface area contributed by atoms with Crippen molar-refractivity contribution in [3.63, 3.8) is 0 Å². The minimum Gasteiger partial charge on any atom is -0.309 e. The number of nitrogens with zero attached hydrogens (tertiary/aromatic N) is 3. The molecule has 11 rings (SSSR count). The number of rotatable bonds is 4. The summed E-state index contributed by atoms with van der Waals surface area (Å²) < 4.78 is 4.69. The van der Waals surface area contributed by atoms with Crippen molar-refractivity contribution in [2.24, 2.45) is 0 Å². The summed E-state index contributed by atoms with van der Waals surface area (Å²) >= 11 is 0. The van der Waals surface area contributed by atoms with Crippen LogP contribution in [0.5, 0.6) is 0 Å². The second kappa shape index (κ2) is 11.2. The zero-order chi connectivity index (χ0) is 35.1. The number of aromatic nitrogens is 2. The van der Waals surface area contributed by atoms with E-state index in [9.17, 15) is 5.26 Å². The van der Waals surface area contributed by atoms with Gasteiger partial charge in [0.25, 0.3) is 0 Å². The summed E-state index contributed by atoms with van der Waals surface area (Å²) in [6.45, 7) is 0. The van der Waals surface area contributed by atoms with Crippen molar-refractivity contribution in [1.82, 2.24) is 9.13 Å². The van der Waals surface area contributed by atoms with Gasteiger partial charge in [0.1, 0.15) is 0 Å². The standard InChI is InChI=1S/C50H31N3/c51-32-33-13-12-16-36(29-33)52-47-24-11-7-20-41(47)43-31-37(26-28-49(43)52)53-46-23-10-6-19-40(46)42-30-35(25-27-48(42)53)50(34-14-2-1-3-15-34)44-21-8-4-17-38(44)39-18-5-9-22-45(39)50/h1-31H. The van der Waals surface area contributed by atoms with E-state index in [1.54, 1.807) is 0 Å². The number of hydrogen-bond donors (Lipinski definition) is 0. The molecule has 2 aromatic heterocycles. The Hall–Kier alpha value is -7.15. The van der Waals surface area contributed by atoms with Crippen LogP contribution in [0.4, 0.5) is 0 Å². The lowest BCUT2D eigenvalue weighted by Gasteiger charge is -2.34. The first-order valence-corrected chi connectivity index (χ1v) is 18.1. The molecule has 0 saturated carbocycles. The molecule has 0 aliphatic heterocycles. The molecule has 0 amide bonds. The van der Waals surface area contributed by atoms with Crippen LogP contribution >= 0.6 is 0 Å². The van der Waals surface area contributed by atoms with E-state index in [-0.39, 0.29) is 0 Å². The van der Waals surface area contributed by atoms with Gasteiger partial charge < -0.3 is 9.13 Å². The number of para-hydroxylation sites is 2. The molecule has 0 atom stereocenters. The monoisotopic (exact) mass is 673 g/mol. The van der Waals surface area contributed by atoms with E-state index in [1.807, 2.05) is 18.2 Å². The summed E-state index contributed by atoms with van der Waals surface area (Å²) in [5.41, 5.74) is 14.6. The summed E-state index contributed by atoms with van der Waals surface area (Å²) in [7, 11) is 0. The Morgan fingerprint density at radius 1 is 0.377 bits per heavy atom. The Bertz CT molecular complexity index is 3090. The topological polar surface area (TPSA) is 33.6 Å². The Morgan fingerprint density at radius 3 is 1.57 bits per heavy atom. The van der Waals surface area contributed by atoms with E-state index in [2.05, 4.69) is 185 Å². The van der Waals surface area contributed by atoms with E-state index in [1.165, 1.54) is 66.0 Å². The van der Waals surface area contributed by atoms with Gasteiger partial charge in [0.15, 0.2) is 0 Å². The molecule has 0 spiro atoms. The summed E-state index contributed by atoms with van der Waals surface area (Å²) in [4.78, 5) is 0. The highest BCUT2D eigenvalue weighted by atomic mass is 15.0. The molecule has 3 nitrogen and oxygen atoms in total. The maximum atomic E-state index is 9.68. The summed E-state index contributed by atoms with van der Waals surface area (Å²) in [6, 6.07) is 70.3. The molecule has 1 aliphatic carbocycles. The van der Waals surface area contributed by atoms with Crippen LogP contribution in [0.15, 0.2) is 188 Å². The average molecular weight is 674 g/mol. The van der Waals surface area contributed by atoms with Gasteiger partial charge in [0.2, 0.25) is 0 Å². The molecule has 10 aromatic rings. The van der Waals surface area contributed by atoms with E-state index in [0.717, 1.165) is 22.4 Å². The van der Waals surface area contributed by atoms with Crippen molar-refractivity contribution >= 4 is 43.6 Å². The molecule has 0 saturated heterocycles. The van der Waals surface area contributed by atoms with Crippen LogP contribution < -0.4 is 0 Å². The van der Waals surface area contributed by atoms with E-state index < -0.39 is 5.41 Å². The average Bonchev–Trinajstić information content (AvgIpc) is 3.85. The largest absolute Gasteiger partial charge is 0.309 e. The first kappa shape index (κ1) is 29.6. The highest BCUT2D eigenvalue weighted by Crippen LogP contribution is 2.56. The molecule has 0 bridgehead atoms. The first-order valence-electron chi connectivity index (χ1n) is 18.1. The van der Waals surface area contributed by atoms with Crippen LogP contribution in [0.2, 0.25) is 0 Å². The molecule has 1 aliphatic rings. The quantitative estimate of drug-likeness (QED) is 0.183. The molecular formula is C50H31N3. The van der Waals surface area contributed by atoms with Crippen molar-refractivity contribution in [3.05, 3.63) is 216 Å². The van der Waals surface area contributed by atoms with Crippen LogP contribution in [0, 0.1) is 11.3 Å². The van der Waals surface area contributed by atoms with Crippen LogP contribution in [0.3, 0.4) is 0 Å². The molecule has 0 fully saturated rings. The molecule has 8 aromatic carbocycles. The third kappa shape index (κ3) is 4.04. The molecule has 246 valence electrons. The Kier molecular flexibility index (Phi) is 6.23. The predicted molar refractivity (Wildman–Crippen MR) is 217 cm³/mol. The highest BCUT2D eigenvalue weighted by Gasteiger charge is 2.46. The summed E-state index contributed by atoms with van der Waals surface area (Å²) in [5.74, 6) is 0. The van der Waals surface area contributed by atoms with E-state index in [4.69, 9.17) is 0 Å². The number of hydrogen-bond acceptors (Lipinski definition) is 1. The fraction of sp³-hybridized carbons (Fsp3) is 0.0200. The van der Waals surface area contributed by atoms with Gasteiger partial charge in [-0.1, -0.05) is 127 Å². The predicted octanol–water partition coefficient (Wildman–Crippen LogP) is 12.1. The van der Waals surface area contributed by atoms with Gasteiger partial charge in [-0.3, -0.25) is 0 Å². The van der Waals surface area contributed by atoms with Crippen LogP contribution in [0.25, 0.3) is 66.1 Å². The second-order valence-electron chi connectivity index (χ2n) is 14.0. The minimum atomic E-state index is -0.463. The van der Waals surface area contributed by atoms with Crippen molar-refractivity contribution in [2.75, 3.05) is 0 Å².